The summed E-state index contributed by atoms with van der Waals surface area (Å²) in [6.07, 6.45) is 1.38. The van der Waals surface area contributed by atoms with Crippen LogP contribution >= 0.6 is 11.6 Å². The molecular formula is C13H11ClN4O2. The number of esters is 1. The monoisotopic (exact) mass is 290 g/mol. The summed E-state index contributed by atoms with van der Waals surface area (Å²) in [7, 11) is 0. The van der Waals surface area contributed by atoms with Crippen molar-refractivity contribution in [2.75, 3.05) is 12.3 Å². The zero-order valence-corrected chi connectivity index (χ0v) is 11.4. The molecule has 0 aliphatic carbocycles. The summed E-state index contributed by atoms with van der Waals surface area (Å²) in [6.45, 7) is 1.94. The highest BCUT2D eigenvalue weighted by Gasteiger charge is 2.18. The first-order valence-corrected chi connectivity index (χ1v) is 6.16. The van der Waals surface area contributed by atoms with Crippen LogP contribution in [0.5, 0.6) is 0 Å². The van der Waals surface area contributed by atoms with Crippen molar-refractivity contribution in [2.24, 2.45) is 0 Å². The molecule has 6 nitrogen and oxygen atoms in total. The van der Waals surface area contributed by atoms with Crippen molar-refractivity contribution >= 4 is 23.4 Å². The number of imidazole rings is 1. The molecule has 1 aromatic carbocycles. The summed E-state index contributed by atoms with van der Waals surface area (Å²) in [5.74, 6) is -0.455. The predicted molar refractivity (Wildman–Crippen MR) is 73.7 cm³/mol. The lowest BCUT2D eigenvalue weighted by atomic mass is 10.2. The van der Waals surface area contributed by atoms with E-state index in [2.05, 4.69) is 4.98 Å². The van der Waals surface area contributed by atoms with Crippen molar-refractivity contribution in [2.45, 2.75) is 6.92 Å². The molecule has 20 heavy (non-hydrogen) atoms. The average Bonchev–Trinajstić information content (AvgIpc) is 2.80. The zero-order chi connectivity index (χ0) is 14.7. The van der Waals surface area contributed by atoms with E-state index in [9.17, 15) is 4.79 Å². The lowest BCUT2D eigenvalue weighted by molar-refractivity contribution is 0.0521. The van der Waals surface area contributed by atoms with Gasteiger partial charge in [0.1, 0.15) is 12.1 Å². The fourth-order valence-electron chi connectivity index (χ4n) is 1.68. The molecule has 1 heterocycles. The van der Waals surface area contributed by atoms with Gasteiger partial charge in [-0.1, -0.05) is 11.6 Å². The van der Waals surface area contributed by atoms with E-state index in [0.717, 1.165) is 0 Å². The lowest BCUT2D eigenvalue weighted by Gasteiger charge is -2.08. The van der Waals surface area contributed by atoms with E-state index in [0.29, 0.717) is 16.3 Å². The van der Waals surface area contributed by atoms with Crippen LogP contribution < -0.4 is 5.73 Å². The number of ether oxygens (including phenoxy) is 1. The Morgan fingerprint density at radius 3 is 2.95 bits per heavy atom. The van der Waals surface area contributed by atoms with Crippen LogP contribution in [-0.4, -0.2) is 22.1 Å². The number of nitrogen functional groups attached to an aromatic ring is 1. The van der Waals surface area contributed by atoms with Crippen LogP contribution in [0.1, 0.15) is 23.0 Å². The van der Waals surface area contributed by atoms with Crippen LogP contribution in [0.15, 0.2) is 24.5 Å². The van der Waals surface area contributed by atoms with Gasteiger partial charge in [-0.3, -0.25) is 4.57 Å². The minimum Gasteiger partial charge on any atom is -0.461 e. The first-order valence-electron chi connectivity index (χ1n) is 5.78. The van der Waals surface area contributed by atoms with E-state index < -0.39 is 5.97 Å². The molecule has 2 rings (SSSR count). The third kappa shape index (κ3) is 2.44. The van der Waals surface area contributed by atoms with E-state index >= 15 is 0 Å². The maximum absolute atomic E-state index is 11.6. The fourth-order valence-corrected chi connectivity index (χ4v) is 1.95. The molecule has 7 heteroatoms. The van der Waals surface area contributed by atoms with Gasteiger partial charge in [-0.15, -0.1) is 0 Å². The van der Waals surface area contributed by atoms with Crippen molar-refractivity contribution in [3.8, 4) is 11.8 Å². The molecular weight excluding hydrogens is 280 g/mol. The number of nitriles is 1. The van der Waals surface area contributed by atoms with E-state index in [4.69, 9.17) is 27.3 Å². The molecule has 0 saturated heterocycles. The fraction of sp³-hybridized carbons (Fsp3) is 0.154. The number of halogens is 1. The van der Waals surface area contributed by atoms with Gasteiger partial charge in [0, 0.05) is 0 Å². The summed E-state index contributed by atoms with van der Waals surface area (Å²) in [4.78, 5) is 15.6. The molecule has 0 unspecified atom stereocenters. The van der Waals surface area contributed by atoms with Crippen LogP contribution in [0.3, 0.4) is 0 Å². The van der Waals surface area contributed by atoms with Gasteiger partial charge in [0.15, 0.2) is 5.69 Å². The minimum absolute atomic E-state index is 0.0345. The van der Waals surface area contributed by atoms with Crippen molar-refractivity contribution in [3.05, 3.63) is 40.8 Å². The van der Waals surface area contributed by atoms with E-state index in [1.54, 1.807) is 19.1 Å². The Hall–Kier alpha value is -2.52. The second-order valence-electron chi connectivity index (χ2n) is 3.85. The van der Waals surface area contributed by atoms with Gasteiger partial charge in [-0.05, 0) is 25.1 Å². The van der Waals surface area contributed by atoms with Gasteiger partial charge in [-0.25, -0.2) is 9.78 Å². The van der Waals surface area contributed by atoms with Gasteiger partial charge in [0.25, 0.3) is 0 Å². The molecule has 2 N–H and O–H groups in total. The number of hydrogen-bond donors (Lipinski definition) is 1. The standard InChI is InChI=1S/C13H11ClN4O2/c1-2-20-13(19)11-12(16)18(7-17-11)10-4-3-8(6-15)5-9(10)14/h3-5,7H,2,16H2,1H3. The molecule has 2 aromatic rings. The molecule has 0 aliphatic heterocycles. The maximum Gasteiger partial charge on any atom is 0.360 e. The maximum atomic E-state index is 11.6. The number of rotatable bonds is 3. The van der Waals surface area contributed by atoms with Crippen LogP contribution in [0.4, 0.5) is 5.82 Å². The molecule has 0 aliphatic rings. The molecule has 0 radical (unpaired) electrons. The Bertz CT molecular complexity index is 703. The Morgan fingerprint density at radius 2 is 2.35 bits per heavy atom. The third-order valence-electron chi connectivity index (χ3n) is 2.61. The van der Waals surface area contributed by atoms with E-state index in [1.807, 2.05) is 6.07 Å². The number of aromatic nitrogens is 2. The first kappa shape index (κ1) is 13.9. The normalized spacial score (nSPS) is 10.1. The minimum atomic E-state index is -0.589. The highest BCUT2D eigenvalue weighted by atomic mass is 35.5. The number of carbonyl (C=O) groups excluding carboxylic acids is 1. The Balaban J connectivity index is 2.45. The summed E-state index contributed by atoms with van der Waals surface area (Å²) in [6, 6.07) is 6.74. The number of benzene rings is 1. The molecule has 102 valence electrons. The Labute approximate surface area is 120 Å². The second-order valence-corrected chi connectivity index (χ2v) is 4.25. The third-order valence-corrected chi connectivity index (χ3v) is 2.91. The SMILES string of the molecule is CCOC(=O)c1ncn(-c2ccc(C#N)cc2Cl)c1N. The summed E-state index contributed by atoms with van der Waals surface area (Å²) in [5, 5.41) is 9.14. The van der Waals surface area contributed by atoms with E-state index in [-0.39, 0.29) is 18.1 Å². The predicted octanol–water partition coefficient (Wildman–Crippen LogP) is 2.16. The average molecular weight is 291 g/mol. The topological polar surface area (TPSA) is 93.9 Å². The second kappa shape index (κ2) is 5.63. The number of nitrogens with two attached hydrogens (primary N) is 1. The van der Waals surface area contributed by atoms with Crippen molar-refractivity contribution < 1.29 is 9.53 Å². The van der Waals surface area contributed by atoms with Crippen LogP contribution in [0.25, 0.3) is 5.69 Å². The molecule has 0 bridgehead atoms. The highest BCUT2D eigenvalue weighted by Crippen LogP contribution is 2.25. The van der Waals surface area contributed by atoms with Gasteiger partial charge in [-0.2, -0.15) is 5.26 Å². The zero-order valence-electron chi connectivity index (χ0n) is 10.6. The number of carbonyl (C=O) groups is 1. The summed E-state index contributed by atoms with van der Waals surface area (Å²) in [5.41, 5.74) is 6.88. The van der Waals surface area contributed by atoms with Crippen LogP contribution in [0, 0.1) is 11.3 Å². The number of hydrogen-bond acceptors (Lipinski definition) is 5. The summed E-state index contributed by atoms with van der Waals surface area (Å²) < 4.78 is 6.32. The van der Waals surface area contributed by atoms with Crippen molar-refractivity contribution in [3.63, 3.8) is 0 Å². The Kier molecular flexibility index (Phi) is 3.91. The van der Waals surface area contributed by atoms with Gasteiger partial charge in [0.2, 0.25) is 0 Å². The molecule has 0 atom stereocenters. The molecule has 1 aromatic heterocycles. The van der Waals surface area contributed by atoms with Crippen molar-refractivity contribution in [1.82, 2.24) is 9.55 Å². The van der Waals surface area contributed by atoms with Crippen LogP contribution in [0.2, 0.25) is 5.02 Å². The molecule has 0 spiro atoms. The number of nitrogens with zero attached hydrogens (tertiary/aromatic N) is 3. The highest BCUT2D eigenvalue weighted by molar-refractivity contribution is 6.32. The Morgan fingerprint density at radius 1 is 1.60 bits per heavy atom. The van der Waals surface area contributed by atoms with Gasteiger partial charge >= 0.3 is 5.97 Å². The molecule has 0 saturated carbocycles. The van der Waals surface area contributed by atoms with Crippen molar-refractivity contribution in [1.29, 1.82) is 5.26 Å². The molecule has 0 fully saturated rings. The number of anilines is 1. The van der Waals surface area contributed by atoms with Gasteiger partial charge < -0.3 is 10.5 Å². The van der Waals surface area contributed by atoms with E-state index in [1.165, 1.54) is 17.0 Å². The van der Waals surface area contributed by atoms with Gasteiger partial charge in [0.05, 0.1) is 28.9 Å². The quantitative estimate of drug-likeness (QED) is 0.874. The lowest BCUT2D eigenvalue weighted by Crippen LogP contribution is -2.09. The first-order chi connectivity index (χ1) is 9.58. The largest absolute Gasteiger partial charge is 0.461 e. The molecule has 0 amide bonds. The summed E-state index contributed by atoms with van der Waals surface area (Å²) >= 11 is 6.09. The van der Waals surface area contributed by atoms with Crippen LogP contribution in [-0.2, 0) is 4.74 Å². The smallest absolute Gasteiger partial charge is 0.360 e.